The Morgan fingerprint density at radius 1 is 1.03 bits per heavy atom. The van der Waals surface area contributed by atoms with Crippen LogP contribution in [0.3, 0.4) is 0 Å². The van der Waals surface area contributed by atoms with E-state index in [0.717, 1.165) is 55.8 Å². The molecule has 0 saturated carbocycles. The minimum Gasteiger partial charge on any atom is -0.352 e. The van der Waals surface area contributed by atoms with Crippen LogP contribution in [0.15, 0.2) is 41.5 Å². The molecule has 5 rings (SSSR count). The third-order valence-electron chi connectivity index (χ3n) is 6.80. The van der Waals surface area contributed by atoms with Crippen LogP contribution in [0, 0.1) is 13.8 Å². The Balaban J connectivity index is 1.80. The number of benzene rings is 1. The van der Waals surface area contributed by atoms with Crippen LogP contribution in [0.2, 0.25) is 0 Å². The van der Waals surface area contributed by atoms with Gasteiger partial charge in [-0.15, -0.1) is 0 Å². The molecule has 0 aliphatic heterocycles. The van der Waals surface area contributed by atoms with Gasteiger partial charge in [0.15, 0.2) is 0 Å². The summed E-state index contributed by atoms with van der Waals surface area (Å²) in [6, 6.07) is 7.82. The Labute approximate surface area is 208 Å². The lowest BCUT2D eigenvalue weighted by molar-refractivity contribution is 0.0954. The molecule has 4 heterocycles. The number of aryl methyl sites for hydroxylation is 4. The van der Waals surface area contributed by atoms with Gasteiger partial charge in [0, 0.05) is 37.8 Å². The monoisotopic (exact) mass is 483 g/mol. The van der Waals surface area contributed by atoms with Gasteiger partial charge >= 0.3 is 5.69 Å². The highest BCUT2D eigenvalue weighted by atomic mass is 16.2. The van der Waals surface area contributed by atoms with Crippen LogP contribution in [0.5, 0.6) is 0 Å². The average molecular weight is 484 g/mol. The van der Waals surface area contributed by atoms with Crippen LogP contribution >= 0.6 is 0 Å². The van der Waals surface area contributed by atoms with Gasteiger partial charge in [0.2, 0.25) is 0 Å². The first kappa shape index (κ1) is 23.5. The number of carbonyl (C=O) groups excluding carboxylic acids is 1. The van der Waals surface area contributed by atoms with Gasteiger partial charge in [-0.3, -0.25) is 28.6 Å². The van der Waals surface area contributed by atoms with E-state index in [-0.39, 0.29) is 11.6 Å². The lowest BCUT2D eigenvalue weighted by Gasteiger charge is -2.11. The molecule has 1 amide bonds. The van der Waals surface area contributed by atoms with Crippen molar-refractivity contribution in [3.05, 3.63) is 69.8 Å². The molecule has 0 aliphatic carbocycles. The number of aromatic nitrogens is 6. The maximum absolute atomic E-state index is 13.5. The van der Waals surface area contributed by atoms with Crippen LogP contribution in [0.1, 0.15) is 41.3 Å². The molecule has 9 heteroatoms. The first-order valence-corrected chi connectivity index (χ1v) is 12.0. The fourth-order valence-electron chi connectivity index (χ4n) is 4.86. The van der Waals surface area contributed by atoms with Crippen LogP contribution < -0.4 is 11.0 Å². The van der Waals surface area contributed by atoms with E-state index < -0.39 is 0 Å². The highest BCUT2D eigenvalue weighted by Crippen LogP contribution is 2.31. The number of pyridine rings is 2. The second kappa shape index (κ2) is 8.75. The molecule has 4 aromatic heterocycles. The summed E-state index contributed by atoms with van der Waals surface area (Å²) >= 11 is 0. The highest BCUT2D eigenvalue weighted by molar-refractivity contribution is 6.05. The molecule has 0 bridgehead atoms. The quantitative estimate of drug-likeness (QED) is 0.412. The molecule has 0 fully saturated rings. The largest absolute Gasteiger partial charge is 0.352 e. The zero-order chi connectivity index (χ0) is 25.7. The second-order valence-electron chi connectivity index (χ2n) is 8.98. The summed E-state index contributed by atoms with van der Waals surface area (Å²) in [6.07, 6.45) is 4.19. The van der Waals surface area contributed by atoms with Crippen LogP contribution in [-0.4, -0.2) is 41.3 Å². The fraction of sp³-hybridized carbons (Fsp3) is 0.296. The van der Waals surface area contributed by atoms with Gasteiger partial charge in [0.25, 0.3) is 5.91 Å². The van der Waals surface area contributed by atoms with E-state index in [1.165, 1.54) is 0 Å². The Morgan fingerprint density at radius 3 is 2.47 bits per heavy atom. The van der Waals surface area contributed by atoms with E-state index in [0.29, 0.717) is 18.5 Å². The first-order valence-electron chi connectivity index (χ1n) is 12.0. The molecule has 184 valence electrons. The lowest BCUT2D eigenvalue weighted by atomic mass is 10.0. The summed E-state index contributed by atoms with van der Waals surface area (Å²) in [6.45, 7) is 8.30. The molecule has 5 aromatic rings. The van der Waals surface area contributed by atoms with Crippen molar-refractivity contribution < 1.29 is 4.79 Å². The van der Waals surface area contributed by atoms with Crippen molar-refractivity contribution in [1.29, 1.82) is 0 Å². The third kappa shape index (κ3) is 3.50. The zero-order valence-electron chi connectivity index (χ0n) is 21.4. The summed E-state index contributed by atoms with van der Waals surface area (Å²) < 4.78 is 5.14. The molecule has 1 N–H and O–H groups in total. The number of imidazole rings is 1. The molecule has 36 heavy (non-hydrogen) atoms. The van der Waals surface area contributed by atoms with Gasteiger partial charge in [-0.1, -0.05) is 13.0 Å². The summed E-state index contributed by atoms with van der Waals surface area (Å²) in [5.41, 5.74) is 7.62. The predicted octanol–water partition coefficient (Wildman–Crippen LogP) is 3.60. The van der Waals surface area contributed by atoms with Crippen LogP contribution in [-0.2, 0) is 20.5 Å². The van der Waals surface area contributed by atoms with Gasteiger partial charge in [-0.25, -0.2) is 4.79 Å². The summed E-state index contributed by atoms with van der Waals surface area (Å²) in [5.74, 6) is -0.132. The SMILES string of the molecule is CCNC(=O)c1cc(-c2ccc3ncc4c(c3c2)n(-c2c(C)nn(C)c2C)c(=O)n4C)cnc1CC. The van der Waals surface area contributed by atoms with E-state index in [1.54, 1.807) is 33.3 Å². The molecular formula is C27H29N7O2. The Hall–Kier alpha value is -4.27. The summed E-state index contributed by atoms with van der Waals surface area (Å²) in [4.78, 5) is 35.4. The Morgan fingerprint density at radius 2 is 1.81 bits per heavy atom. The van der Waals surface area contributed by atoms with E-state index in [4.69, 9.17) is 0 Å². The van der Waals surface area contributed by atoms with Gasteiger partial charge in [0.1, 0.15) is 0 Å². The minimum absolute atomic E-state index is 0.132. The molecule has 0 spiro atoms. The Kier molecular flexibility index (Phi) is 5.70. The maximum atomic E-state index is 13.5. The molecule has 0 saturated heterocycles. The van der Waals surface area contributed by atoms with Crippen molar-refractivity contribution in [3.63, 3.8) is 0 Å². The maximum Gasteiger partial charge on any atom is 0.333 e. The number of fused-ring (bicyclic) bond motifs is 3. The highest BCUT2D eigenvalue weighted by Gasteiger charge is 2.22. The molecule has 1 aromatic carbocycles. The molecule has 0 aliphatic rings. The summed E-state index contributed by atoms with van der Waals surface area (Å²) in [7, 11) is 3.63. The lowest BCUT2D eigenvalue weighted by Crippen LogP contribution is -2.24. The summed E-state index contributed by atoms with van der Waals surface area (Å²) in [5, 5.41) is 8.25. The van der Waals surface area contributed by atoms with Crippen molar-refractivity contribution in [1.82, 2.24) is 34.2 Å². The van der Waals surface area contributed by atoms with E-state index >= 15 is 0 Å². The van der Waals surface area contributed by atoms with E-state index in [1.807, 2.05) is 59.0 Å². The zero-order valence-corrected chi connectivity index (χ0v) is 21.4. The van der Waals surface area contributed by atoms with Gasteiger partial charge in [0.05, 0.1) is 51.1 Å². The number of hydrogen-bond acceptors (Lipinski definition) is 5. The van der Waals surface area contributed by atoms with E-state index in [9.17, 15) is 9.59 Å². The van der Waals surface area contributed by atoms with Crippen molar-refractivity contribution in [2.24, 2.45) is 14.1 Å². The minimum atomic E-state index is -0.156. The van der Waals surface area contributed by atoms with Gasteiger partial charge in [-0.05, 0) is 51.0 Å². The van der Waals surface area contributed by atoms with Crippen molar-refractivity contribution in [2.75, 3.05) is 6.54 Å². The molecule has 0 radical (unpaired) electrons. The van der Waals surface area contributed by atoms with Crippen molar-refractivity contribution in [2.45, 2.75) is 34.1 Å². The third-order valence-corrected chi connectivity index (χ3v) is 6.80. The van der Waals surface area contributed by atoms with Crippen molar-refractivity contribution >= 4 is 27.8 Å². The standard InChI is InChI=1S/C27H29N7O2/c1-7-21-20(26(35)28-8-2)12-18(13-29-21)17-9-10-22-19(11-17)25-23(14-30-22)32(5)27(36)34(25)24-15(3)31-33(6)16(24)4/h9-14H,7-8H2,1-6H3,(H,28,35). The fourth-order valence-corrected chi connectivity index (χ4v) is 4.86. The number of hydrogen-bond donors (Lipinski definition) is 1. The smallest absolute Gasteiger partial charge is 0.333 e. The number of rotatable bonds is 5. The van der Waals surface area contributed by atoms with Crippen LogP contribution in [0.25, 0.3) is 38.8 Å². The topological polar surface area (TPSA) is 99.6 Å². The predicted molar refractivity (Wildman–Crippen MR) is 141 cm³/mol. The Bertz CT molecular complexity index is 1720. The molecule has 0 unspecified atom stereocenters. The molecule has 0 atom stereocenters. The first-order chi connectivity index (χ1) is 17.3. The molecular weight excluding hydrogens is 454 g/mol. The number of carbonyl (C=O) groups is 1. The second-order valence-corrected chi connectivity index (χ2v) is 8.98. The normalized spacial score (nSPS) is 11.5. The number of nitrogens with one attached hydrogen (secondary N) is 1. The average Bonchev–Trinajstić information content (AvgIpc) is 3.28. The van der Waals surface area contributed by atoms with Gasteiger partial charge in [-0.2, -0.15) is 5.10 Å². The van der Waals surface area contributed by atoms with Gasteiger partial charge < -0.3 is 5.32 Å². The van der Waals surface area contributed by atoms with Crippen LogP contribution in [0.4, 0.5) is 0 Å². The van der Waals surface area contributed by atoms with Crippen molar-refractivity contribution in [3.8, 4) is 16.8 Å². The molecule has 9 nitrogen and oxygen atoms in total. The number of amides is 1. The number of nitrogens with zero attached hydrogens (tertiary/aromatic N) is 6. The van der Waals surface area contributed by atoms with E-state index in [2.05, 4.69) is 20.4 Å².